The lowest BCUT2D eigenvalue weighted by Crippen LogP contribution is -2.09. The maximum absolute atomic E-state index is 4.05. The van der Waals surface area contributed by atoms with Gasteiger partial charge in [-0.25, -0.2) is 9.98 Å². The van der Waals surface area contributed by atoms with Crippen LogP contribution >= 0.6 is 0 Å². The van der Waals surface area contributed by atoms with Crippen LogP contribution in [0.25, 0.3) is 0 Å². The van der Waals surface area contributed by atoms with Gasteiger partial charge >= 0.3 is 0 Å². The van der Waals surface area contributed by atoms with Crippen LogP contribution in [0, 0.1) is 0 Å². The topological polar surface area (TPSA) is 28.0 Å². The van der Waals surface area contributed by atoms with Crippen LogP contribution in [0.2, 0.25) is 0 Å². The molecule has 2 aliphatic heterocycles. The van der Waals surface area contributed by atoms with Crippen LogP contribution in [0.3, 0.4) is 0 Å². The lowest BCUT2D eigenvalue weighted by atomic mass is 10.2. The van der Waals surface area contributed by atoms with Gasteiger partial charge in [0.2, 0.25) is 0 Å². The van der Waals surface area contributed by atoms with Crippen molar-refractivity contribution in [2.75, 3.05) is 7.05 Å². The van der Waals surface area contributed by atoms with Crippen LogP contribution in [0.15, 0.2) is 58.1 Å². The molecule has 0 aromatic rings. The first-order valence-corrected chi connectivity index (χ1v) is 4.43. The first kappa shape index (κ1) is 8.69. The van der Waals surface area contributed by atoms with E-state index in [-0.39, 0.29) is 0 Å². The van der Waals surface area contributed by atoms with Crippen LogP contribution in [-0.2, 0) is 0 Å². The molecule has 14 heavy (non-hydrogen) atoms. The Balaban J connectivity index is 2.15. The number of aliphatic imine (C=N–C) groups is 2. The molecule has 0 spiro atoms. The predicted octanol–water partition coefficient (Wildman–Crippen LogP) is 1.88. The smallest absolute Gasteiger partial charge is 0.151 e. The van der Waals surface area contributed by atoms with Crippen molar-refractivity contribution in [1.82, 2.24) is 4.90 Å². The fraction of sp³-hybridized carbons (Fsp3) is 0.0909. The zero-order valence-corrected chi connectivity index (χ0v) is 7.96. The van der Waals surface area contributed by atoms with Crippen molar-refractivity contribution in [3.05, 3.63) is 48.1 Å². The van der Waals surface area contributed by atoms with E-state index in [0.29, 0.717) is 0 Å². The maximum Gasteiger partial charge on any atom is 0.151 e. The normalized spacial score (nSPS) is 21.4. The molecule has 3 heteroatoms. The number of rotatable bonds is 1. The summed E-state index contributed by atoms with van der Waals surface area (Å²) in [4.78, 5) is 10.1. The van der Waals surface area contributed by atoms with Crippen LogP contribution in [0.1, 0.15) is 0 Å². The molecule has 0 saturated heterocycles. The van der Waals surface area contributed by atoms with Crippen LogP contribution < -0.4 is 0 Å². The van der Waals surface area contributed by atoms with E-state index in [9.17, 15) is 0 Å². The van der Waals surface area contributed by atoms with Crippen molar-refractivity contribution in [3.8, 4) is 0 Å². The summed E-state index contributed by atoms with van der Waals surface area (Å²) in [7, 11) is 2.01. The van der Waals surface area contributed by atoms with Crippen LogP contribution in [0.4, 0.5) is 0 Å². The highest BCUT2D eigenvalue weighted by atomic mass is 15.1. The third-order valence-electron chi connectivity index (χ3n) is 1.98. The molecule has 3 nitrogen and oxygen atoms in total. The second kappa shape index (κ2) is 3.87. The van der Waals surface area contributed by atoms with Crippen LogP contribution in [0.5, 0.6) is 0 Å². The Hall–Kier alpha value is -1.90. The van der Waals surface area contributed by atoms with Gasteiger partial charge in [-0.2, -0.15) is 0 Å². The molecule has 0 aromatic carbocycles. The van der Waals surface area contributed by atoms with E-state index in [2.05, 4.69) is 9.98 Å². The highest BCUT2D eigenvalue weighted by Crippen LogP contribution is 2.11. The van der Waals surface area contributed by atoms with Gasteiger partial charge in [0.25, 0.3) is 0 Å². The van der Waals surface area contributed by atoms with Gasteiger partial charge < -0.3 is 4.90 Å². The SMILES string of the molecule is CN1C=CC=CC1=CC=C1N=CC=N1. The van der Waals surface area contributed by atoms with Gasteiger partial charge in [-0.05, 0) is 24.3 Å². The van der Waals surface area contributed by atoms with E-state index in [4.69, 9.17) is 0 Å². The van der Waals surface area contributed by atoms with Crippen molar-refractivity contribution in [3.63, 3.8) is 0 Å². The molecule has 2 rings (SSSR count). The van der Waals surface area contributed by atoms with Gasteiger partial charge in [0.15, 0.2) is 5.82 Å². The summed E-state index contributed by atoms with van der Waals surface area (Å²) in [5, 5.41) is 0. The molecule has 0 saturated carbocycles. The van der Waals surface area contributed by atoms with Crippen molar-refractivity contribution in [2.45, 2.75) is 0 Å². The van der Waals surface area contributed by atoms with E-state index in [0.717, 1.165) is 11.5 Å². The maximum atomic E-state index is 4.05. The fourth-order valence-electron chi connectivity index (χ4n) is 1.21. The highest BCUT2D eigenvalue weighted by molar-refractivity contribution is 6.18. The Morgan fingerprint density at radius 2 is 1.93 bits per heavy atom. The van der Waals surface area contributed by atoms with Gasteiger partial charge in [-0.15, -0.1) is 0 Å². The molecule has 0 bridgehead atoms. The Bertz CT molecular complexity index is 381. The lowest BCUT2D eigenvalue weighted by Gasteiger charge is -2.16. The molecule has 0 radical (unpaired) electrons. The summed E-state index contributed by atoms with van der Waals surface area (Å²) < 4.78 is 0. The average molecular weight is 185 g/mol. The van der Waals surface area contributed by atoms with E-state index >= 15 is 0 Å². The third kappa shape index (κ3) is 1.88. The molecule has 0 atom stereocenters. The van der Waals surface area contributed by atoms with Crippen molar-refractivity contribution >= 4 is 12.4 Å². The van der Waals surface area contributed by atoms with Gasteiger partial charge in [-0.1, -0.05) is 6.08 Å². The van der Waals surface area contributed by atoms with E-state index in [1.807, 2.05) is 48.5 Å². The van der Waals surface area contributed by atoms with Crippen molar-refractivity contribution in [2.24, 2.45) is 9.98 Å². The quantitative estimate of drug-likeness (QED) is 0.613. The second-order valence-electron chi connectivity index (χ2n) is 2.98. The standard InChI is InChI=1S/C11H11N3/c1-14-9-3-2-4-10(14)5-6-11-12-7-8-13-11/h2-9H,1H3. The minimum atomic E-state index is 0.744. The predicted molar refractivity (Wildman–Crippen MR) is 59.2 cm³/mol. The van der Waals surface area contributed by atoms with E-state index in [1.165, 1.54) is 0 Å². The average Bonchev–Trinajstić information content (AvgIpc) is 2.69. The Morgan fingerprint density at radius 3 is 2.64 bits per heavy atom. The van der Waals surface area contributed by atoms with Gasteiger partial charge in [0.1, 0.15) is 0 Å². The molecule has 2 aliphatic rings. The Kier molecular flexibility index (Phi) is 2.40. The minimum absolute atomic E-state index is 0.744. The molecule has 70 valence electrons. The zero-order chi connectivity index (χ0) is 9.80. The lowest BCUT2D eigenvalue weighted by molar-refractivity contribution is 0.584. The summed E-state index contributed by atoms with van der Waals surface area (Å²) in [5.41, 5.74) is 1.12. The fourth-order valence-corrected chi connectivity index (χ4v) is 1.21. The summed E-state index contributed by atoms with van der Waals surface area (Å²) in [6.07, 6.45) is 15.3. The van der Waals surface area contributed by atoms with Crippen molar-refractivity contribution in [1.29, 1.82) is 0 Å². The Morgan fingerprint density at radius 1 is 1.14 bits per heavy atom. The highest BCUT2D eigenvalue weighted by Gasteiger charge is 1.99. The minimum Gasteiger partial charge on any atom is -0.351 e. The molecule has 0 N–H and O–H groups in total. The summed E-state index contributed by atoms with van der Waals surface area (Å²) >= 11 is 0. The largest absolute Gasteiger partial charge is 0.351 e. The molecular weight excluding hydrogens is 174 g/mol. The number of likely N-dealkylation sites (N-methyl/N-ethyl adjacent to an activating group) is 1. The number of hydrogen-bond acceptors (Lipinski definition) is 3. The summed E-state index contributed by atoms with van der Waals surface area (Å²) in [6.45, 7) is 0. The van der Waals surface area contributed by atoms with Gasteiger partial charge in [0.05, 0.1) is 0 Å². The van der Waals surface area contributed by atoms with Crippen molar-refractivity contribution < 1.29 is 0 Å². The van der Waals surface area contributed by atoms with E-state index < -0.39 is 0 Å². The van der Waals surface area contributed by atoms with E-state index in [1.54, 1.807) is 12.4 Å². The molecular formula is C11H11N3. The zero-order valence-electron chi connectivity index (χ0n) is 7.96. The first-order chi connectivity index (χ1) is 6.86. The molecule has 0 aliphatic carbocycles. The molecule has 2 heterocycles. The molecule has 0 amide bonds. The summed E-state index contributed by atoms with van der Waals surface area (Å²) in [5.74, 6) is 0.744. The second-order valence-corrected chi connectivity index (χ2v) is 2.98. The number of hydrogen-bond donors (Lipinski definition) is 0. The van der Waals surface area contributed by atoms with Gasteiger partial charge in [0, 0.05) is 31.4 Å². The van der Waals surface area contributed by atoms with Crippen LogP contribution in [-0.4, -0.2) is 24.4 Å². The molecule has 0 aromatic heterocycles. The monoisotopic (exact) mass is 185 g/mol. The number of allylic oxidation sites excluding steroid dienone is 5. The summed E-state index contributed by atoms with van der Waals surface area (Å²) in [6, 6.07) is 0. The number of nitrogens with zero attached hydrogens (tertiary/aromatic N) is 3. The molecule has 0 fully saturated rings. The third-order valence-corrected chi connectivity index (χ3v) is 1.98. The molecule has 0 unspecified atom stereocenters. The first-order valence-electron chi connectivity index (χ1n) is 4.43. The van der Waals surface area contributed by atoms with Gasteiger partial charge in [-0.3, -0.25) is 0 Å². The Labute approximate surface area is 83.2 Å².